The van der Waals surface area contributed by atoms with Crippen molar-refractivity contribution in [3.8, 4) is 118 Å². The quantitative estimate of drug-likeness (QED) is 0.129. The van der Waals surface area contributed by atoms with E-state index in [0.717, 1.165) is 127 Å². The highest BCUT2D eigenvalue weighted by atomic mass is 15.1. The Kier molecular flexibility index (Phi) is 12.8. The van der Waals surface area contributed by atoms with Crippen molar-refractivity contribution in [3.05, 3.63) is 321 Å². The van der Waals surface area contributed by atoms with E-state index in [0.29, 0.717) is 34.2 Å². The summed E-state index contributed by atoms with van der Waals surface area (Å²) < 4.78 is 4.80. The second kappa shape index (κ2) is 21.9. The van der Waals surface area contributed by atoms with E-state index in [1.807, 2.05) is 66.7 Å². The minimum absolute atomic E-state index is 0.417. The van der Waals surface area contributed by atoms with Crippen molar-refractivity contribution in [2.75, 3.05) is 0 Å². The van der Waals surface area contributed by atoms with Crippen molar-refractivity contribution in [2.24, 2.45) is 0 Å². The first-order chi connectivity index (χ1) is 43.6. The van der Waals surface area contributed by atoms with Crippen LogP contribution in [0.1, 0.15) is 5.56 Å². The Labute approximate surface area is 509 Å². The second-order valence-corrected chi connectivity index (χ2v) is 22.1. The molecule has 0 bridgehead atoms. The lowest BCUT2D eigenvalue weighted by Gasteiger charge is -2.27. The molecule has 3 heterocycles. The summed E-state index contributed by atoms with van der Waals surface area (Å²) in [5, 5.41) is 17.0. The summed E-state index contributed by atoms with van der Waals surface area (Å²) in [7, 11) is 0. The van der Waals surface area contributed by atoms with E-state index in [9.17, 15) is 5.26 Å². The molecule has 0 saturated heterocycles. The van der Waals surface area contributed by atoms with E-state index in [1.54, 1.807) is 0 Å². The van der Waals surface area contributed by atoms with Gasteiger partial charge in [-0.25, -0.2) is 15.0 Å². The van der Waals surface area contributed by atoms with Gasteiger partial charge in [-0.1, -0.05) is 267 Å². The highest BCUT2D eigenvalue weighted by molar-refractivity contribution is 6.17. The molecule has 0 atom stereocenters. The molecule has 0 amide bonds. The highest BCUT2D eigenvalue weighted by Gasteiger charge is 2.34. The maximum Gasteiger partial charge on any atom is 0.166 e. The minimum Gasteiger partial charge on any atom is -0.308 e. The summed E-state index contributed by atoms with van der Waals surface area (Å²) in [4.78, 5) is 16.6. The maximum atomic E-state index is 12.7. The monoisotopic (exact) mass is 1120 g/mol. The molecule has 3 aromatic heterocycles. The minimum atomic E-state index is 0.417. The molecule has 16 rings (SSSR count). The normalized spacial score (nSPS) is 11.4. The van der Waals surface area contributed by atoms with E-state index in [-0.39, 0.29) is 0 Å². The third-order valence-corrected chi connectivity index (χ3v) is 17.0. The van der Waals surface area contributed by atoms with Gasteiger partial charge in [-0.2, -0.15) is 5.26 Å². The van der Waals surface area contributed by atoms with Crippen molar-refractivity contribution in [1.29, 1.82) is 5.26 Å². The number of benzene rings is 13. The molecule has 6 nitrogen and oxygen atoms in total. The molecule has 0 fully saturated rings. The van der Waals surface area contributed by atoms with Gasteiger partial charge >= 0.3 is 0 Å². The van der Waals surface area contributed by atoms with Gasteiger partial charge < -0.3 is 9.13 Å². The van der Waals surface area contributed by atoms with Crippen LogP contribution in [-0.2, 0) is 0 Å². The fourth-order valence-electron chi connectivity index (χ4n) is 13.0. The number of hydrogen-bond acceptors (Lipinski definition) is 4. The van der Waals surface area contributed by atoms with Crippen LogP contribution in [0.3, 0.4) is 0 Å². The molecule has 0 aliphatic heterocycles. The molecule has 0 radical (unpaired) electrons. The first-order valence-electron chi connectivity index (χ1n) is 29.6. The molecule has 6 heteroatoms. The summed E-state index contributed by atoms with van der Waals surface area (Å²) in [6.45, 7) is 0. The molecule has 0 spiro atoms. The second-order valence-electron chi connectivity index (χ2n) is 22.1. The lowest BCUT2D eigenvalue weighted by atomic mass is 9.85. The third kappa shape index (κ3) is 8.93. The van der Waals surface area contributed by atoms with Gasteiger partial charge in [0.05, 0.1) is 44.6 Å². The van der Waals surface area contributed by atoms with Crippen LogP contribution < -0.4 is 0 Å². The molecule has 0 aliphatic carbocycles. The van der Waals surface area contributed by atoms with E-state index in [4.69, 9.17) is 15.0 Å². The van der Waals surface area contributed by atoms with Crippen LogP contribution in [0.4, 0.5) is 0 Å². The predicted octanol–water partition coefficient (Wildman–Crippen LogP) is 20.9. The molecule has 88 heavy (non-hydrogen) atoms. The molecule has 0 unspecified atom stereocenters. The Balaban J connectivity index is 1.15. The molecule has 0 N–H and O–H groups in total. The van der Waals surface area contributed by atoms with E-state index >= 15 is 0 Å². The fourth-order valence-corrected chi connectivity index (χ4v) is 13.0. The van der Waals surface area contributed by atoms with Gasteiger partial charge in [0, 0.05) is 43.8 Å². The predicted molar refractivity (Wildman–Crippen MR) is 362 cm³/mol. The van der Waals surface area contributed by atoms with Crippen molar-refractivity contribution >= 4 is 43.6 Å². The number of aromatic nitrogens is 5. The van der Waals surface area contributed by atoms with Crippen LogP contribution in [0.5, 0.6) is 0 Å². The van der Waals surface area contributed by atoms with Crippen molar-refractivity contribution in [1.82, 2.24) is 24.1 Å². The van der Waals surface area contributed by atoms with Gasteiger partial charge in [0.15, 0.2) is 17.5 Å². The van der Waals surface area contributed by atoms with Gasteiger partial charge in [-0.15, -0.1) is 0 Å². The molecule has 0 aliphatic rings. The van der Waals surface area contributed by atoms with Crippen LogP contribution in [0, 0.1) is 11.3 Å². The fraction of sp³-hybridized carbons (Fsp3) is 0. The molecule has 410 valence electrons. The topological polar surface area (TPSA) is 72.3 Å². The van der Waals surface area contributed by atoms with Gasteiger partial charge in [0.2, 0.25) is 0 Å². The number of nitriles is 1. The molecule has 16 aromatic rings. The third-order valence-electron chi connectivity index (χ3n) is 17.0. The zero-order valence-corrected chi connectivity index (χ0v) is 47.7. The van der Waals surface area contributed by atoms with Gasteiger partial charge in [-0.05, 0) is 104 Å². The Bertz CT molecular complexity index is 5080. The highest BCUT2D eigenvalue weighted by Crippen LogP contribution is 2.53. The molecular weight excluding hydrogens is 1070 g/mol. The van der Waals surface area contributed by atoms with E-state index in [1.165, 1.54) is 0 Å². The average molecular weight is 1120 g/mol. The number of nitrogens with zero attached hydrogens (tertiary/aromatic N) is 6. The zero-order valence-electron chi connectivity index (χ0n) is 47.7. The van der Waals surface area contributed by atoms with Crippen molar-refractivity contribution < 1.29 is 0 Å². The lowest BCUT2D eigenvalue weighted by Crippen LogP contribution is -2.12. The Morgan fingerprint density at radius 2 is 0.489 bits per heavy atom. The Morgan fingerprint density at radius 3 is 0.795 bits per heavy atom. The van der Waals surface area contributed by atoms with Gasteiger partial charge in [0.1, 0.15) is 6.07 Å². The summed E-state index contributed by atoms with van der Waals surface area (Å²) in [5.41, 5.74) is 20.3. The van der Waals surface area contributed by atoms with Crippen molar-refractivity contribution in [2.45, 2.75) is 0 Å². The van der Waals surface area contributed by atoms with Crippen LogP contribution >= 0.6 is 0 Å². The van der Waals surface area contributed by atoms with E-state index < -0.39 is 0 Å². The first-order valence-corrected chi connectivity index (χ1v) is 29.6. The van der Waals surface area contributed by atoms with E-state index in [2.05, 4.69) is 264 Å². The SMILES string of the molecule is N#Cc1c(-c2ccccc2)c(-c2nc(-c3ccccc3)nc(-c3ccccc3)n2)c(-n2c3ccc(-c4ccccc4)cc3c3cc(-c4ccccc4)ccc32)c(-c2ccccc2)c1-n1c2ccc(-c3ccccc3)cc2c2cc(-c3ccccc3)ccc21. The smallest absolute Gasteiger partial charge is 0.166 e. The largest absolute Gasteiger partial charge is 0.308 e. The number of hydrogen-bond donors (Lipinski definition) is 0. The molecular formula is C82H52N6. The Hall–Kier alpha value is -12.0. The number of rotatable bonds is 11. The standard InChI is InChI=1S/C82H52N6/c83-53-70-75(58-33-17-5-18-34-58)77(82-85-80(60-37-21-7-22-38-60)84-81(86-82)61-39-23-8-24-40-61)79(88-73-47-43-64(56-29-13-3-14-30-56)51-68(73)69-52-65(44-48-74(69)88)57-31-15-4-16-32-57)76(59-35-19-6-20-36-59)78(70)87-71-45-41-62(54-25-9-1-10-26-54)49-66(71)67-50-63(42-46-72(67)87)55-27-11-2-12-28-55/h1-52H. The summed E-state index contributed by atoms with van der Waals surface area (Å²) >= 11 is 0. The molecule has 0 saturated carbocycles. The summed E-state index contributed by atoms with van der Waals surface area (Å²) in [6, 6.07) is 114. The van der Waals surface area contributed by atoms with Crippen LogP contribution in [0.15, 0.2) is 315 Å². The van der Waals surface area contributed by atoms with Crippen LogP contribution in [-0.4, -0.2) is 24.1 Å². The average Bonchev–Trinajstić information content (AvgIpc) is 1.44. The Morgan fingerprint density at radius 1 is 0.227 bits per heavy atom. The zero-order chi connectivity index (χ0) is 58.5. The lowest BCUT2D eigenvalue weighted by molar-refractivity contribution is 1.06. The summed E-state index contributed by atoms with van der Waals surface area (Å²) in [5.74, 6) is 1.43. The summed E-state index contributed by atoms with van der Waals surface area (Å²) in [6.07, 6.45) is 0. The van der Waals surface area contributed by atoms with Crippen LogP contribution in [0.25, 0.3) is 156 Å². The maximum absolute atomic E-state index is 12.7. The van der Waals surface area contributed by atoms with Gasteiger partial charge in [0.25, 0.3) is 0 Å². The van der Waals surface area contributed by atoms with Gasteiger partial charge in [-0.3, -0.25) is 0 Å². The molecule has 13 aromatic carbocycles. The van der Waals surface area contributed by atoms with Crippen molar-refractivity contribution in [3.63, 3.8) is 0 Å². The first kappa shape index (κ1) is 51.6. The number of fused-ring (bicyclic) bond motifs is 6. The van der Waals surface area contributed by atoms with Crippen LogP contribution in [0.2, 0.25) is 0 Å².